The number of hydrogen-bond acceptors (Lipinski definition) is 5. The van der Waals surface area contributed by atoms with Gasteiger partial charge in [-0.2, -0.15) is 0 Å². The van der Waals surface area contributed by atoms with Crippen LogP contribution in [0.15, 0.2) is 12.5 Å². The summed E-state index contributed by atoms with van der Waals surface area (Å²) in [6.45, 7) is 4.68. The number of nitrogens with one attached hydrogen (secondary N) is 1. The van der Waals surface area contributed by atoms with E-state index in [0.717, 1.165) is 0 Å². The zero-order valence-electron chi connectivity index (χ0n) is 6.74. The number of hydrogen-bond donors (Lipinski definition) is 3. The van der Waals surface area contributed by atoms with Crippen molar-refractivity contribution < 1.29 is 19.5 Å². The third-order valence-electron chi connectivity index (χ3n) is 0.937. The molecule has 0 aliphatic heterocycles. The van der Waals surface area contributed by atoms with Crippen LogP contribution in [0.3, 0.4) is 0 Å². The highest BCUT2D eigenvalue weighted by atomic mass is 16.8. The Morgan fingerprint density at radius 2 is 2.42 bits per heavy atom. The van der Waals surface area contributed by atoms with Crippen LogP contribution in [-0.2, 0) is 14.4 Å². The molecule has 0 aromatic heterocycles. The van der Waals surface area contributed by atoms with Crippen molar-refractivity contribution in [3.05, 3.63) is 12.5 Å². The Morgan fingerprint density at radius 3 is 2.83 bits per heavy atom. The summed E-state index contributed by atoms with van der Waals surface area (Å²) in [5, 5.41) is 10.6. The Hall–Kier alpha value is -1.27. The molecule has 0 aromatic rings. The molecule has 12 heavy (non-hydrogen) atoms. The summed E-state index contributed by atoms with van der Waals surface area (Å²) < 4.78 is 4.83. The molecule has 6 nitrogen and oxygen atoms in total. The maximum atomic E-state index is 10.0. The second-order valence-corrected chi connectivity index (χ2v) is 1.99. The van der Waals surface area contributed by atoms with Gasteiger partial charge in [0.25, 0.3) is 0 Å². The molecule has 70 valence electrons. The first kappa shape index (κ1) is 10.7. The van der Waals surface area contributed by atoms with Gasteiger partial charge in [-0.3, -0.25) is 9.63 Å². The van der Waals surface area contributed by atoms with E-state index in [9.17, 15) is 4.79 Å². The van der Waals surface area contributed by atoms with Gasteiger partial charge in [0, 0.05) is 0 Å². The SMILES string of the molecule is C=C(NCC(=O)O)OC(C)ON. The molecule has 0 rings (SSSR count). The van der Waals surface area contributed by atoms with Crippen LogP contribution in [0.2, 0.25) is 0 Å². The van der Waals surface area contributed by atoms with Crippen LogP contribution in [-0.4, -0.2) is 23.9 Å². The molecule has 0 radical (unpaired) electrons. The lowest BCUT2D eigenvalue weighted by molar-refractivity contribution is -0.137. The van der Waals surface area contributed by atoms with Crippen LogP contribution >= 0.6 is 0 Å². The Kier molecular flexibility index (Phi) is 4.82. The average Bonchev–Trinajstić information content (AvgIpc) is 2.00. The van der Waals surface area contributed by atoms with Gasteiger partial charge in [-0.15, -0.1) is 0 Å². The minimum absolute atomic E-state index is 0.107. The Labute approximate surface area is 69.9 Å². The molecule has 0 aliphatic carbocycles. The predicted octanol–water partition coefficient (Wildman–Crippen LogP) is -0.615. The lowest BCUT2D eigenvalue weighted by Crippen LogP contribution is -2.26. The molecule has 6 heteroatoms. The zero-order valence-corrected chi connectivity index (χ0v) is 6.74. The van der Waals surface area contributed by atoms with Crippen molar-refractivity contribution in [1.29, 1.82) is 0 Å². The Morgan fingerprint density at radius 1 is 1.83 bits per heavy atom. The topological polar surface area (TPSA) is 93.8 Å². The fourth-order valence-electron chi connectivity index (χ4n) is 0.444. The van der Waals surface area contributed by atoms with E-state index in [1.165, 1.54) is 0 Å². The summed E-state index contributed by atoms with van der Waals surface area (Å²) >= 11 is 0. The number of nitrogens with two attached hydrogens (primary N) is 1. The van der Waals surface area contributed by atoms with E-state index in [-0.39, 0.29) is 12.4 Å². The standard InChI is InChI=1S/C6H12N2O4/c1-4(8-3-6(9)10)11-5(2)12-7/h5,8H,1,3,7H2,2H3,(H,9,10). The third kappa shape index (κ3) is 5.51. The van der Waals surface area contributed by atoms with Crippen LogP contribution in [0.5, 0.6) is 0 Å². The molecule has 0 heterocycles. The van der Waals surface area contributed by atoms with Crippen molar-refractivity contribution in [2.24, 2.45) is 5.90 Å². The monoisotopic (exact) mass is 176 g/mol. The maximum Gasteiger partial charge on any atom is 0.322 e. The van der Waals surface area contributed by atoms with Crippen LogP contribution in [0, 0.1) is 0 Å². The highest BCUT2D eigenvalue weighted by Gasteiger charge is 2.03. The number of carbonyl (C=O) groups is 1. The number of carboxylic acid groups (broad SMARTS) is 1. The number of rotatable bonds is 6. The van der Waals surface area contributed by atoms with E-state index in [0.29, 0.717) is 0 Å². The van der Waals surface area contributed by atoms with Crippen molar-refractivity contribution in [2.75, 3.05) is 6.54 Å². The van der Waals surface area contributed by atoms with E-state index in [1.54, 1.807) is 6.92 Å². The van der Waals surface area contributed by atoms with Gasteiger partial charge in [-0.25, -0.2) is 5.90 Å². The minimum atomic E-state index is -0.999. The quantitative estimate of drug-likeness (QED) is 0.284. The normalized spacial score (nSPS) is 11.8. The summed E-state index contributed by atoms with van der Waals surface area (Å²) in [5.41, 5.74) is 0. The number of carboxylic acids is 1. The van der Waals surface area contributed by atoms with Crippen LogP contribution in [0.4, 0.5) is 0 Å². The smallest absolute Gasteiger partial charge is 0.322 e. The molecular formula is C6H12N2O4. The van der Waals surface area contributed by atoms with Gasteiger partial charge >= 0.3 is 5.97 Å². The van der Waals surface area contributed by atoms with Crippen molar-refractivity contribution in [3.8, 4) is 0 Å². The maximum absolute atomic E-state index is 10.0. The van der Waals surface area contributed by atoms with Crippen molar-refractivity contribution in [1.82, 2.24) is 5.32 Å². The largest absolute Gasteiger partial charge is 0.480 e. The predicted molar refractivity (Wildman–Crippen MR) is 40.6 cm³/mol. The van der Waals surface area contributed by atoms with Crippen molar-refractivity contribution in [3.63, 3.8) is 0 Å². The Balaban J connectivity index is 3.53. The summed E-state index contributed by atoms with van der Waals surface area (Å²) in [5.74, 6) is 3.87. The molecule has 0 aromatic carbocycles. The van der Waals surface area contributed by atoms with E-state index < -0.39 is 12.3 Å². The molecule has 0 saturated carbocycles. The second kappa shape index (κ2) is 5.39. The van der Waals surface area contributed by atoms with E-state index in [1.807, 2.05) is 0 Å². The van der Waals surface area contributed by atoms with Gasteiger partial charge in [0.1, 0.15) is 6.54 Å². The first-order valence-electron chi connectivity index (χ1n) is 3.23. The summed E-state index contributed by atoms with van der Waals surface area (Å²) in [7, 11) is 0. The van der Waals surface area contributed by atoms with Crippen molar-refractivity contribution in [2.45, 2.75) is 13.2 Å². The first-order valence-corrected chi connectivity index (χ1v) is 3.23. The lowest BCUT2D eigenvalue weighted by Gasteiger charge is -2.13. The molecule has 0 fully saturated rings. The first-order chi connectivity index (χ1) is 5.56. The highest BCUT2D eigenvalue weighted by Crippen LogP contribution is 1.95. The van der Waals surface area contributed by atoms with Crippen LogP contribution in [0.1, 0.15) is 6.92 Å². The second-order valence-electron chi connectivity index (χ2n) is 1.99. The average molecular weight is 176 g/mol. The minimum Gasteiger partial charge on any atom is -0.480 e. The zero-order chi connectivity index (χ0) is 9.56. The lowest BCUT2D eigenvalue weighted by atomic mass is 10.6. The van der Waals surface area contributed by atoms with E-state index in [2.05, 4.69) is 16.7 Å². The fraction of sp³-hybridized carbons (Fsp3) is 0.500. The van der Waals surface area contributed by atoms with E-state index >= 15 is 0 Å². The molecule has 0 spiro atoms. The highest BCUT2D eigenvalue weighted by molar-refractivity contribution is 5.69. The number of aliphatic carboxylic acids is 1. The molecule has 0 aliphatic rings. The summed E-state index contributed by atoms with van der Waals surface area (Å²) in [4.78, 5) is 14.3. The van der Waals surface area contributed by atoms with E-state index in [4.69, 9.17) is 15.7 Å². The molecule has 0 bridgehead atoms. The fourth-order valence-corrected chi connectivity index (χ4v) is 0.444. The molecule has 4 N–H and O–H groups in total. The molecule has 0 saturated heterocycles. The summed E-state index contributed by atoms with van der Waals surface area (Å²) in [6.07, 6.45) is -0.654. The molecule has 0 amide bonds. The Bertz CT molecular complexity index is 171. The van der Waals surface area contributed by atoms with Crippen LogP contribution < -0.4 is 11.2 Å². The third-order valence-corrected chi connectivity index (χ3v) is 0.937. The van der Waals surface area contributed by atoms with Gasteiger partial charge in [-0.05, 0) is 13.5 Å². The van der Waals surface area contributed by atoms with Gasteiger partial charge in [0.2, 0.25) is 6.29 Å². The van der Waals surface area contributed by atoms with Gasteiger partial charge in [0.05, 0.1) is 0 Å². The van der Waals surface area contributed by atoms with Crippen LogP contribution in [0.25, 0.3) is 0 Å². The summed E-state index contributed by atoms with van der Waals surface area (Å²) in [6, 6.07) is 0. The molecule has 1 unspecified atom stereocenters. The van der Waals surface area contributed by atoms with Crippen molar-refractivity contribution >= 4 is 5.97 Å². The molecule has 1 atom stereocenters. The van der Waals surface area contributed by atoms with Gasteiger partial charge in [0.15, 0.2) is 5.88 Å². The number of ether oxygens (including phenoxy) is 1. The molecular weight excluding hydrogens is 164 g/mol. The van der Waals surface area contributed by atoms with Gasteiger partial charge in [-0.1, -0.05) is 0 Å². The van der Waals surface area contributed by atoms with Gasteiger partial charge < -0.3 is 15.2 Å².